The van der Waals surface area contributed by atoms with Crippen LogP contribution in [0.5, 0.6) is 0 Å². The highest BCUT2D eigenvalue weighted by atomic mass is 16.6. The number of nitrogens with one attached hydrogen (secondary N) is 2. The van der Waals surface area contributed by atoms with E-state index < -0.39 is 11.7 Å². The average molecular weight is 216 g/mol. The van der Waals surface area contributed by atoms with Crippen molar-refractivity contribution in [3.8, 4) is 0 Å². The summed E-state index contributed by atoms with van der Waals surface area (Å²) in [6.07, 6.45) is -0.365. The van der Waals surface area contributed by atoms with Gasteiger partial charge in [-0.15, -0.1) is 0 Å². The summed E-state index contributed by atoms with van der Waals surface area (Å²) in [7, 11) is 1.64. The van der Waals surface area contributed by atoms with Gasteiger partial charge in [0.15, 0.2) is 0 Å². The van der Waals surface area contributed by atoms with Crippen LogP contribution in [0.3, 0.4) is 0 Å². The van der Waals surface area contributed by atoms with E-state index in [-0.39, 0.29) is 12.1 Å². The smallest absolute Gasteiger partial charge is 0.408 e. The molecular weight excluding hydrogens is 196 g/mol. The quantitative estimate of drug-likeness (QED) is 0.705. The zero-order valence-corrected chi connectivity index (χ0v) is 9.79. The van der Waals surface area contributed by atoms with Gasteiger partial charge in [0.1, 0.15) is 5.60 Å². The van der Waals surface area contributed by atoms with Crippen LogP contribution >= 0.6 is 0 Å². The molecule has 1 heterocycles. The molecular formula is C10H20N2O3. The molecule has 2 unspecified atom stereocenters. The molecule has 1 fully saturated rings. The molecule has 5 heteroatoms. The standard InChI is InChI=1S/C10H20N2O3/c1-10(2,3)15-9(13)12-7-5-11-6-8(7)14-4/h7-8,11H,5-6H2,1-4H3,(H,12,13). The predicted octanol–water partition coefficient (Wildman–Crippen LogP) is 0.498. The van der Waals surface area contributed by atoms with Crippen molar-refractivity contribution in [3.63, 3.8) is 0 Å². The fraction of sp³-hybridized carbons (Fsp3) is 0.900. The Morgan fingerprint density at radius 3 is 2.60 bits per heavy atom. The second-order valence-corrected chi connectivity index (χ2v) is 4.69. The number of hydrogen-bond acceptors (Lipinski definition) is 4. The Bertz CT molecular complexity index is 225. The molecule has 15 heavy (non-hydrogen) atoms. The van der Waals surface area contributed by atoms with Crippen molar-refractivity contribution in [2.75, 3.05) is 20.2 Å². The largest absolute Gasteiger partial charge is 0.444 e. The molecule has 1 saturated heterocycles. The van der Waals surface area contributed by atoms with Crippen molar-refractivity contribution >= 4 is 6.09 Å². The van der Waals surface area contributed by atoms with Crippen LogP contribution < -0.4 is 10.6 Å². The van der Waals surface area contributed by atoms with E-state index >= 15 is 0 Å². The van der Waals surface area contributed by atoms with Gasteiger partial charge in [0.2, 0.25) is 0 Å². The first-order chi connectivity index (χ1) is 6.92. The minimum absolute atomic E-state index is 0.00940. The van der Waals surface area contributed by atoms with Crippen LogP contribution in [0, 0.1) is 0 Å². The summed E-state index contributed by atoms with van der Waals surface area (Å²) in [5.41, 5.74) is -0.460. The van der Waals surface area contributed by atoms with Gasteiger partial charge in [0.25, 0.3) is 0 Å². The Kier molecular flexibility index (Phi) is 3.93. The Morgan fingerprint density at radius 2 is 2.07 bits per heavy atom. The maximum atomic E-state index is 11.5. The minimum atomic E-state index is -0.460. The molecule has 0 radical (unpaired) electrons. The minimum Gasteiger partial charge on any atom is -0.444 e. The number of methoxy groups -OCH3 is 1. The zero-order chi connectivity index (χ0) is 11.5. The first kappa shape index (κ1) is 12.3. The lowest BCUT2D eigenvalue weighted by atomic mass is 10.2. The third-order valence-electron chi connectivity index (χ3n) is 2.16. The van der Waals surface area contributed by atoms with Crippen molar-refractivity contribution in [1.82, 2.24) is 10.6 Å². The number of amides is 1. The number of ether oxygens (including phenoxy) is 2. The monoisotopic (exact) mass is 216 g/mol. The van der Waals surface area contributed by atoms with Crippen LogP contribution in [0.25, 0.3) is 0 Å². The maximum Gasteiger partial charge on any atom is 0.408 e. The molecule has 0 aromatic rings. The molecule has 1 rings (SSSR count). The summed E-state index contributed by atoms with van der Waals surface area (Å²) >= 11 is 0. The lowest BCUT2D eigenvalue weighted by molar-refractivity contribution is 0.0417. The van der Waals surface area contributed by atoms with Gasteiger partial charge in [0.05, 0.1) is 12.1 Å². The van der Waals surface area contributed by atoms with Crippen LogP contribution in [-0.2, 0) is 9.47 Å². The first-order valence-corrected chi connectivity index (χ1v) is 5.15. The van der Waals surface area contributed by atoms with E-state index in [0.29, 0.717) is 0 Å². The number of hydrogen-bond donors (Lipinski definition) is 2. The molecule has 88 valence electrons. The molecule has 0 bridgehead atoms. The normalized spacial score (nSPS) is 26.4. The van der Waals surface area contributed by atoms with Crippen molar-refractivity contribution in [2.45, 2.75) is 38.5 Å². The highest BCUT2D eigenvalue weighted by Gasteiger charge is 2.29. The van der Waals surface area contributed by atoms with Gasteiger partial charge < -0.3 is 20.1 Å². The van der Waals surface area contributed by atoms with Crippen molar-refractivity contribution < 1.29 is 14.3 Å². The van der Waals surface area contributed by atoms with E-state index in [1.807, 2.05) is 20.8 Å². The Balaban J connectivity index is 2.37. The SMILES string of the molecule is COC1CNCC1NC(=O)OC(C)(C)C. The van der Waals surface area contributed by atoms with E-state index in [9.17, 15) is 4.79 Å². The van der Waals surface area contributed by atoms with Crippen molar-refractivity contribution in [2.24, 2.45) is 0 Å². The van der Waals surface area contributed by atoms with E-state index in [0.717, 1.165) is 13.1 Å². The van der Waals surface area contributed by atoms with Crippen LogP contribution in [0.1, 0.15) is 20.8 Å². The third-order valence-corrected chi connectivity index (χ3v) is 2.16. The molecule has 2 N–H and O–H groups in total. The predicted molar refractivity (Wildman–Crippen MR) is 56.8 cm³/mol. The van der Waals surface area contributed by atoms with Gasteiger partial charge in [-0.1, -0.05) is 0 Å². The van der Waals surface area contributed by atoms with Crippen LogP contribution in [0.15, 0.2) is 0 Å². The Labute approximate surface area is 90.5 Å². The van der Waals surface area contributed by atoms with Gasteiger partial charge in [0, 0.05) is 20.2 Å². The molecule has 1 aliphatic rings. The van der Waals surface area contributed by atoms with Crippen LogP contribution in [0.4, 0.5) is 4.79 Å². The highest BCUT2D eigenvalue weighted by Crippen LogP contribution is 2.09. The fourth-order valence-corrected chi connectivity index (χ4v) is 1.51. The van der Waals surface area contributed by atoms with Gasteiger partial charge >= 0.3 is 6.09 Å². The Hall–Kier alpha value is -0.810. The van der Waals surface area contributed by atoms with Gasteiger partial charge in [-0.05, 0) is 20.8 Å². The first-order valence-electron chi connectivity index (χ1n) is 5.15. The molecule has 0 saturated carbocycles. The van der Waals surface area contributed by atoms with Gasteiger partial charge in [-0.3, -0.25) is 0 Å². The van der Waals surface area contributed by atoms with Crippen molar-refractivity contribution in [1.29, 1.82) is 0 Å². The summed E-state index contributed by atoms with van der Waals surface area (Å²) in [5.74, 6) is 0. The number of alkyl carbamates (subject to hydrolysis) is 1. The van der Waals surface area contributed by atoms with Crippen LogP contribution in [0.2, 0.25) is 0 Å². The molecule has 5 nitrogen and oxygen atoms in total. The second-order valence-electron chi connectivity index (χ2n) is 4.69. The molecule has 1 amide bonds. The van der Waals surface area contributed by atoms with Crippen LogP contribution in [-0.4, -0.2) is 44.0 Å². The molecule has 0 aliphatic carbocycles. The number of rotatable bonds is 2. The highest BCUT2D eigenvalue weighted by molar-refractivity contribution is 5.68. The summed E-state index contributed by atoms with van der Waals surface area (Å²) in [5, 5.41) is 5.93. The lowest BCUT2D eigenvalue weighted by Gasteiger charge is -2.23. The number of carbonyl (C=O) groups is 1. The molecule has 0 aromatic heterocycles. The molecule has 0 aromatic carbocycles. The summed E-state index contributed by atoms with van der Waals surface area (Å²) in [4.78, 5) is 11.5. The Morgan fingerprint density at radius 1 is 1.40 bits per heavy atom. The van der Waals surface area contributed by atoms with Gasteiger partial charge in [-0.2, -0.15) is 0 Å². The molecule has 2 atom stereocenters. The second kappa shape index (κ2) is 4.81. The summed E-state index contributed by atoms with van der Waals surface area (Å²) in [6, 6.07) is -0.00940. The fourth-order valence-electron chi connectivity index (χ4n) is 1.51. The summed E-state index contributed by atoms with van der Waals surface area (Å²) in [6.45, 7) is 7.00. The zero-order valence-electron chi connectivity index (χ0n) is 9.79. The average Bonchev–Trinajstić information content (AvgIpc) is 2.48. The topological polar surface area (TPSA) is 59.6 Å². The van der Waals surface area contributed by atoms with E-state index in [1.165, 1.54) is 0 Å². The summed E-state index contributed by atoms with van der Waals surface area (Å²) < 4.78 is 10.4. The lowest BCUT2D eigenvalue weighted by Crippen LogP contribution is -2.45. The van der Waals surface area contributed by atoms with E-state index in [1.54, 1.807) is 7.11 Å². The molecule has 1 aliphatic heterocycles. The third kappa shape index (κ3) is 4.05. The molecule has 0 spiro atoms. The van der Waals surface area contributed by atoms with E-state index in [4.69, 9.17) is 9.47 Å². The van der Waals surface area contributed by atoms with Gasteiger partial charge in [-0.25, -0.2) is 4.79 Å². The van der Waals surface area contributed by atoms with E-state index in [2.05, 4.69) is 10.6 Å². The maximum absolute atomic E-state index is 11.5. The number of carbonyl (C=O) groups excluding carboxylic acids is 1. The van der Waals surface area contributed by atoms with Crippen molar-refractivity contribution in [3.05, 3.63) is 0 Å².